The zero-order chi connectivity index (χ0) is 20.8. The minimum absolute atomic E-state index is 0.338. The molecule has 150 valence electrons. The van der Waals surface area contributed by atoms with E-state index in [4.69, 9.17) is 27.9 Å². The monoisotopic (exact) mass is 418 g/mol. The lowest BCUT2D eigenvalue weighted by Crippen LogP contribution is -2.48. The van der Waals surface area contributed by atoms with Crippen LogP contribution in [-0.4, -0.2) is 42.6 Å². The third-order valence-corrected chi connectivity index (χ3v) is 4.03. The lowest BCUT2D eigenvalue weighted by molar-refractivity contribution is -0.159. The van der Waals surface area contributed by atoms with Gasteiger partial charge in [-0.2, -0.15) is 0 Å². The molecule has 2 N–H and O–H groups in total. The molecule has 0 aliphatic rings. The Hall–Kier alpha value is -1.99. The third-order valence-electron chi connectivity index (χ3n) is 3.29. The van der Waals surface area contributed by atoms with Gasteiger partial charge in [-0.3, -0.25) is 9.59 Å². The summed E-state index contributed by atoms with van der Waals surface area (Å²) in [4.78, 5) is 36.3. The molecule has 0 spiro atoms. The summed E-state index contributed by atoms with van der Waals surface area (Å²) < 4.78 is 9.84. The van der Waals surface area contributed by atoms with Gasteiger partial charge in [-0.1, -0.05) is 23.2 Å². The predicted octanol–water partition coefficient (Wildman–Crippen LogP) is 3.18. The summed E-state index contributed by atoms with van der Waals surface area (Å²) in [6.07, 6.45) is -0.338. The smallest absolute Gasteiger partial charge is 0.328 e. The molecule has 1 aromatic carbocycles. The van der Waals surface area contributed by atoms with Gasteiger partial charge in [-0.15, -0.1) is 0 Å². The van der Waals surface area contributed by atoms with E-state index in [1.54, 1.807) is 45.9 Å². The number of hydrogen-bond acceptors (Lipinski definition) is 6. The second-order valence-electron chi connectivity index (χ2n) is 6.87. The summed E-state index contributed by atoms with van der Waals surface area (Å²) in [5.74, 6) is -1.86. The number of carbonyl (C=O) groups is 3. The topological polar surface area (TPSA) is 93.7 Å². The highest BCUT2D eigenvalue weighted by Crippen LogP contribution is 2.25. The Kier molecular flexibility index (Phi) is 8.37. The molecule has 7 nitrogen and oxygen atoms in total. The number of hydrogen-bond donors (Lipinski definition) is 2. The predicted molar refractivity (Wildman–Crippen MR) is 104 cm³/mol. The Morgan fingerprint density at radius 3 is 2.30 bits per heavy atom. The Labute approximate surface area is 168 Å². The number of ether oxygens (including phenoxy) is 2. The van der Waals surface area contributed by atoms with Crippen molar-refractivity contribution in [3.63, 3.8) is 0 Å². The first-order valence-corrected chi connectivity index (χ1v) is 9.00. The van der Waals surface area contributed by atoms with E-state index in [1.807, 2.05) is 0 Å². The summed E-state index contributed by atoms with van der Waals surface area (Å²) in [6.45, 7) is 6.72. The molecule has 1 unspecified atom stereocenters. The molecule has 0 fully saturated rings. The highest BCUT2D eigenvalue weighted by Gasteiger charge is 2.29. The fourth-order valence-corrected chi connectivity index (χ4v) is 2.38. The number of nitrogens with one attached hydrogen (secondary N) is 2. The van der Waals surface area contributed by atoms with Gasteiger partial charge >= 0.3 is 11.9 Å². The van der Waals surface area contributed by atoms with Gasteiger partial charge in [0.05, 0.1) is 23.6 Å². The van der Waals surface area contributed by atoms with Crippen molar-refractivity contribution in [2.75, 3.05) is 12.4 Å². The minimum atomic E-state index is -1.16. The van der Waals surface area contributed by atoms with Crippen molar-refractivity contribution in [1.82, 2.24) is 5.32 Å². The van der Waals surface area contributed by atoms with Crippen molar-refractivity contribution in [2.45, 2.75) is 51.8 Å². The Bertz CT molecular complexity index is 703. The van der Waals surface area contributed by atoms with E-state index < -0.39 is 35.5 Å². The zero-order valence-corrected chi connectivity index (χ0v) is 17.4. The summed E-state index contributed by atoms with van der Waals surface area (Å²) in [5, 5.41) is 6.17. The highest BCUT2D eigenvalue weighted by atomic mass is 35.5. The van der Waals surface area contributed by atoms with Crippen LogP contribution in [0, 0.1) is 0 Å². The Morgan fingerprint density at radius 2 is 1.78 bits per heavy atom. The van der Waals surface area contributed by atoms with E-state index in [-0.39, 0.29) is 6.42 Å². The van der Waals surface area contributed by atoms with E-state index >= 15 is 0 Å². The number of esters is 2. The average molecular weight is 419 g/mol. The number of methoxy groups -OCH3 is 1. The molecule has 27 heavy (non-hydrogen) atoms. The van der Waals surface area contributed by atoms with Crippen LogP contribution in [0.4, 0.5) is 5.69 Å². The first-order chi connectivity index (χ1) is 12.4. The van der Waals surface area contributed by atoms with Crippen molar-refractivity contribution < 1.29 is 23.9 Å². The van der Waals surface area contributed by atoms with E-state index in [0.29, 0.717) is 15.7 Å². The number of rotatable bonds is 7. The molecule has 1 amide bonds. The van der Waals surface area contributed by atoms with Crippen LogP contribution >= 0.6 is 23.2 Å². The maximum Gasteiger partial charge on any atom is 0.328 e. The molecule has 0 saturated carbocycles. The van der Waals surface area contributed by atoms with Crippen molar-refractivity contribution >= 4 is 46.7 Å². The minimum Gasteiger partial charge on any atom is -0.467 e. The highest BCUT2D eigenvalue weighted by molar-refractivity contribution is 6.42. The van der Waals surface area contributed by atoms with Gasteiger partial charge in [-0.05, 0) is 45.9 Å². The second kappa shape index (κ2) is 9.80. The summed E-state index contributed by atoms with van der Waals surface area (Å²) >= 11 is 11.8. The molecule has 0 saturated heterocycles. The quantitative estimate of drug-likeness (QED) is 0.660. The van der Waals surface area contributed by atoms with Gasteiger partial charge in [0.25, 0.3) is 0 Å². The summed E-state index contributed by atoms with van der Waals surface area (Å²) in [7, 11) is 1.17. The SMILES string of the molecule is COC(=O)[C@H](CC(=O)OC(C)(C)C)NC(=O)C(C)Nc1ccc(Cl)c(Cl)c1. The molecule has 1 rings (SSSR count). The molecule has 9 heteroatoms. The standard InChI is InChI=1S/C18H24Cl2N2O5/c1-10(21-11-6-7-12(19)13(20)8-11)16(24)22-14(17(25)26-5)9-15(23)27-18(2,3)4/h6-8,10,14,21H,9H2,1-5H3,(H,22,24)/t10?,14-/m0/s1. The number of amides is 1. The van der Waals surface area contributed by atoms with Crippen molar-refractivity contribution in [3.8, 4) is 0 Å². The van der Waals surface area contributed by atoms with Crippen LogP contribution in [0.3, 0.4) is 0 Å². The van der Waals surface area contributed by atoms with Gasteiger partial charge in [0.15, 0.2) is 0 Å². The first-order valence-electron chi connectivity index (χ1n) is 8.24. The first kappa shape index (κ1) is 23.0. The molecule has 0 bridgehead atoms. The van der Waals surface area contributed by atoms with E-state index in [0.717, 1.165) is 0 Å². The second-order valence-corrected chi connectivity index (χ2v) is 7.68. The van der Waals surface area contributed by atoms with Crippen molar-refractivity contribution in [2.24, 2.45) is 0 Å². The average Bonchev–Trinajstić information content (AvgIpc) is 2.54. The summed E-state index contributed by atoms with van der Waals surface area (Å²) in [5.41, 5.74) is -0.126. The van der Waals surface area contributed by atoms with Crippen molar-refractivity contribution in [3.05, 3.63) is 28.2 Å². The van der Waals surface area contributed by atoms with Crippen LogP contribution in [0.1, 0.15) is 34.1 Å². The van der Waals surface area contributed by atoms with Crippen LogP contribution in [0.5, 0.6) is 0 Å². The van der Waals surface area contributed by atoms with Gasteiger partial charge in [0.1, 0.15) is 17.7 Å². The van der Waals surface area contributed by atoms with E-state index in [9.17, 15) is 14.4 Å². The third kappa shape index (κ3) is 8.05. The molecule has 2 atom stereocenters. The Morgan fingerprint density at radius 1 is 1.15 bits per heavy atom. The van der Waals surface area contributed by atoms with Crippen LogP contribution in [-0.2, 0) is 23.9 Å². The number of halogens is 2. The van der Waals surface area contributed by atoms with Crippen LogP contribution < -0.4 is 10.6 Å². The maximum atomic E-state index is 12.4. The number of benzene rings is 1. The van der Waals surface area contributed by atoms with Crippen molar-refractivity contribution in [1.29, 1.82) is 0 Å². The van der Waals surface area contributed by atoms with Crippen LogP contribution in [0.25, 0.3) is 0 Å². The zero-order valence-electron chi connectivity index (χ0n) is 15.9. The van der Waals surface area contributed by atoms with Crippen LogP contribution in [0.2, 0.25) is 10.0 Å². The largest absolute Gasteiger partial charge is 0.467 e. The molecular weight excluding hydrogens is 395 g/mol. The fourth-order valence-electron chi connectivity index (χ4n) is 2.08. The Balaban J connectivity index is 2.75. The molecule has 1 aromatic rings. The normalized spacial score (nSPS) is 13.3. The molecule has 0 aliphatic carbocycles. The number of carbonyl (C=O) groups excluding carboxylic acids is 3. The van der Waals surface area contributed by atoms with Gasteiger partial charge in [0, 0.05) is 5.69 Å². The molecule has 0 heterocycles. The molecular formula is C18H24Cl2N2O5. The molecule has 0 aliphatic heterocycles. The van der Waals surface area contributed by atoms with E-state index in [2.05, 4.69) is 15.4 Å². The summed E-state index contributed by atoms with van der Waals surface area (Å²) in [6, 6.07) is 2.96. The van der Waals surface area contributed by atoms with E-state index in [1.165, 1.54) is 7.11 Å². The lowest BCUT2D eigenvalue weighted by atomic mass is 10.1. The lowest BCUT2D eigenvalue weighted by Gasteiger charge is -2.23. The van der Waals surface area contributed by atoms with Gasteiger partial charge < -0.3 is 20.1 Å². The fraction of sp³-hybridized carbons (Fsp3) is 0.500. The maximum absolute atomic E-state index is 12.4. The molecule has 0 radical (unpaired) electrons. The molecule has 0 aromatic heterocycles. The van der Waals surface area contributed by atoms with Crippen LogP contribution in [0.15, 0.2) is 18.2 Å². The van der Waals surface area contributed by atoms with Gasteiger partial charge in [-0.25, -0.2) is 4.79 Å². The van der Waals surface area contributed by atoms with Gasteiger partial charge in [0.2, 0.25) is 5.91 Å². The number of anilines is 1.